The van der Waals surface area contributed by atoms with E-state index in [9.17, 15) is 19.5 Å². The smallest absolute Gasteiger partial charge is 0.306 e. The number of carbonyl (C=O) groups excluding carboxylic acids is 3. The number of nitrogens with zero attached hydrogens (tertiary/aromatic N) is 1. The maximum absolute atomic E-state index is 12.6. The summed E-state index contributed by atoms with van der Waals surface area (Å²) >= 11 is 0. The second-order valence-corrected chi connectivity index (χ2v) is 15.3. The highest BCUT2D eigenvalue weighted by molar-refractivity contribution is 5.70. The van der Waals surface area contributed by atoms with Crippen molar-refractivity contribution in [2.75, 3.05) is 41.0 Å². The fourth-order valence-corrected chi connectivity index (χ4v) is 6.06. The molecule has 0 aliphatic carbocycles. The van der Waals surface area contributed by atoms with Crippen molar-refractivity contribution in [1.29, 1.82) is 0 Å². The van der Waals surface area contributed by atoms with Crippen LogP contribution in [0, 0.1) is 0 Å². The lowest BCUT2D eigenvalue weighted by Crippen LogP contribution is -2.55. The van der Waals surface area contributed by atoms with Crippen LogP contribution in [0.1, 0.15) is 181 Å². The molecule has 0 aliphatic heterocycles. The summed E-state index contributed by atoms with van der Waals surface area (Å²) in [5, 5.41) is 11.6. The minimum atomic E-state index is -1.13. The number of ether oxygens (including phenoxy) is 3. The van der Waals surface area contributed by atoms with E-state index in [0.29, 0.717) is 12.8 Å². The van der Waals surface area contributed by atoms with E-state index in [2.05, 4.69) is 38.2 Å². The van der Waals surface area contributed by atoms with Crippen LogP contribution in [0.15, 0.2) is 24.3 Å². The van der Waals surface area contributed by atoms with Crippen LogP contribution in [0.2, 0.25) is 0 Å². The van der Waals surface area contributed by atoms with E-state index in [1.54, 1.807) is 21.1 Å². The summed E-state index contributed by atoms with van der Waals surface area (Å²) in [5.74, 6) is -1.75. The molecule has 0 N–H and O–H groups in total. The third kappa shape index (κ3) is 33.4. The second kappa shape index (κ2) is 34.9. The molecule has 2 atom stereocenters. The second-order valence-electron chi connectivity index (χ2n) is 15.3. The Kier molecular flexibility index (Phi) is 33.4. The molecule has 8 heteroatoms. The van der Waals surface area contributed by atoms with Crippen molar-refractivity contribution in [1.82, 2.24) is 0 Å². The zero-order valence-electron chi connectivity index (χ0n) is 33.8. The molecule has 0 saturated carbocycles. The third-order valence-electron chi connectivity index (χ3n) is 9.37. The number of carboxylic acids is 1. The van der Waals surface area contributed by atoms with Crippen LogP contribution in [0.5, 0.6) is 0 Å². The lowest BCUT2D eigenvalue weighted by Gasteiger charge is -2.34. The van der Waals surface area contributed by atoms with Crippen LogP contribution in [0.3, 0.4) is 0 Å². The number of unbranched alkanes of at least 4 members (excludes halogenated alkanes) is 20. The molecule has 0 aromatic heterocycles. The van der Waals surface area contributed by atoms with Crippen molar-refractivity contribution in [3.05, 3.63) is 24.3 Å². The number of rotatable bonds is 37. The Morgan fingerprint density at radius 2 is 1.02 bits per heavy atom. The van der Waals surface area contributed by atoms with Gasteiger partial charge in [-0.2, -0.15) is 0 Å². The first-order valence-electron chi connectivity index (χ1n) is 20.9. The van der Waals surface area contributed by atoms with E-state index < -0.39 is 18.1 Å². The first-order valence-corrected chi connectivity index (χ1v) is 20.9. The molecule has 0 fully saturated rings. The molecule has 0 saturated heterocycles. The highest BCUT2D eigenvalue weighted by Gasteiger charge is 2.25. The van der Waals surface area contributed by atoms with E-state index in [0.717, 1.165) is 57.8 Å². The standard InChI is InChI=1S/C43H79NO7/c1-6-8-10-12-14-16-17-18-19-20-21-22-23-24-26-27-29-31-33-41(45)50-38-39(37-49-36-35-40(43(47)48)44(3,4)5)51-42(46)34-32-30-28-25-15-13-11-9-7-2/h19-22,39-40H,6-18,23-38H2,1-5H3/b20-19+,22-21+. The predicted octanol–water partition coefficient (Wildman–Crippen LogP) is 9.58. The first-order chi connectivity index (χ1) is 24.6. The zero-order valence-corrected chi connectivity index (χ0v) is 33.8. The Labute approximate surface area is 313 Å². The van der Waals surface area contributed by atoms with E-state index in [-0.39, 0.29) is 42.7 Å². The Morgan fingerprint density at radius 1 is 0.588 bits per heavy atom. The molecule has 8 nitrogen and oxygen atoms in total. The van der Waals surface area contributed by atoms with Crippen LogP contribution in [0.25, 0.3) is 0 Å². The Balaban J connectivity index is 4.32. The van der Waals surface area contributed by atoms with Gasteiger partial charge in [0.2, 0.25) is 0 Å². The molecule has 0 aromatic carbocycles. The van der Waals surface area contributed by atoms with Crippen LogP contribution < -0.4 is 5.11 Å². The summed E-state index contributed by atoms with van der Waals surface area (Å²) in [6.07, 6.45) is 36.3. The van der Waals surface area contributed by atoms with Crippen molar-refractivity contribution in [3.8, 4) is 0 Å². The van der Waals surface area contributed by atoms with E-state index in [4.69, 9.17) is 14.2 Å². The molecule has 2 unspecified atom stereocenters. The zero-order chi connectivity index (χ0) is 37.8. The van der Waals surface area contributed by atoms with Crippen molar-refractivity contribution in [2.24, 2.45) is 0 Å². The summed E-state index contributed by atoms with van der Waals surface area (Å²) in [7, 11) is 5.39. The molecular weight excluding hydrogens is 642 g/mol. The predicted molar refractivity (Wildman–Crippen MR) is 208 cm³/mol. The first kappa shape index (κ1) is 48.8. The van der Waals surface area contributed by atoms with Crippen LogP contribution in [0.4, 0.5) is 0 Å². The molecular formula is C43H79NO7. The SMILES string of the molecule is CCCCCCCCC/C=C/C=C/CCCCCCCC(=O)OCC(COCCC(C(=O)[O-])[N+](C)(C)C)OC(=O)CCCCCCCCCCC. The number of esters is 2. The van der Waals surface area contributed by atoms with Crippen molar-refractivity contribution in [3.63, 3.8) is 0 Å². The number of likely N-dealkylation sites (N-methyl/N-ethyl adjacent to an activating group) is 1. The summed E-state index contributed by atoms with van der Waals surface area (Å²) in [5.41, 5.74) is 0. The topological polar surface area (TPSA) is 102 Å². The number of hydrogen-bond donors (Lipinski definition) is 0. The van der Waals surface area contributed by atoms with Crippen LogP contribution in [-0.4, -0.2) is 75.5 Å². The van der Waals surface area contributed by atoms with Crippen molar-refractivity contribution < 1.29 is 38.2 Å². The molecule has 0 aliphatic rings. The number of hydrogen-bond acceptors (Lipinski definition) is 7. The Hall–Kier alpha value is -2.19. The average Bonchev–Trinajstić information content (AvgIpc) is 3.08. The van der Waals surface area contributed by atoms with Gasteiger partial charge >= 0.3 is 11.9 Å². The molecule has 0 bridgehead atoms. The van der Waals surface area contributed by atoms with E-state index in [1.807, 2.05) is 0 Å². The fourth-order valence-electron chi connectivity index (χ4n) is 6.06. The molecule has 51 heavy (non-hydrogen) atoms. The van der Waals surface area contributed by atoms with Crippen LogP contribution in [-0.2, 0) is 28.6 Å². The highest BCUT2D eigenvalue weighted by Crippen LogP contribution is 2.13. The van der Waals surface area contributed by atoms with Gasteiger partial charge in [-0.05, 0) is 38.5 Å². The van der Waals surface area contributed by atoms with Gasteiger partial charge in [0.05, 0.1) is 40.3 Å². The van der Waals surface area contributed by atoms with Gasteiger partial charge in [0.1, 0.15) is 12.6 Å². The molecule has 0 radical (unpaired) electrons. The lowest BCUT2D eigenvalue weighted by atomic mass is 10.1. The summed E-state index contributed by atoms with van der Waals surface area (Å²) in [6, 6.07) is -0.724. The highest BCUT2D eigenvalue weighted by atomic mass is 16.6. The van der Waals surface area contributed by atoms with E-state index in [1.165, 1.54) is 89.9 Å². The third-order valence-corrected chi connectivity index (χ3v) is 9.37. The summed E-state index contributed by atoms with van der Waals surface area (Å²) in [6.45, 7) is 4.62. The summed E-state index contributed by atoms with van der Waals surface area (Å²) in [4.78, 5) is 36.7. The lowest BCUT2D eigenvalue weighted by molar-refractivity contribution is -0.889. The maximum atomic E-state index is 12.6. The van der Waals surface area contributed by atoms with Crippen LogP contribution >= 0.6 is 0 Å². The van der Waals surface area contributed by atoms with Gasteiger partial charge in [0.25, 0.3) is 0 Å². The van der Waals surface area contributed by atoms with Crippen molar-refractivity contribution >= 4 is 17.9 Å². The minimum absolute atomic E-state index is 0.0388. The Bertz CT molecular complexity index is 895. The normalized spacial score (nSPS) is 13.2. The number of quaternary nitrogens is 1. The molecule has 0 amide bonds. The minimum Gasteiger partial charge on any atom is -0.544 e. The number of carboxylic acid groups (broad SMARTS) is 1. The molecule has 298 valence electrons. The van der Waals surface area contributed by atoms with Gasteiger partial charge in [-0.25, -0.2) is 0 Å². The number of aliphatic carboxylic acids is 1. The molecule has 0 heterocycles. The van der Waals surface area contributed by atoms with E-state index >= 15 is 0 Å². The van der Waals surface area contributed by atoms with Gasteiger partial charge in [-0.3, -0.25) is 9.59 Å². The monoisotopic (exact) mass is 722 g/mol. The van der Waals surface area contributed by atoms with Gasteiger partial charge in [-0.15, -0.1) is 0 Å². The largest absolute Gasteiger partial charge is 0.544 e. The maximum Gasteiger partial charge on any atom is 0.306 e. The number of carbonyl (C=O) groups is 3. The Morgan fingerprint density at radius 3 is 1.47 bits per heavy atom. The average molecular weight is 722 g/mol. The van der Waals surface area contributed by atoms with Gasteiger partial charge in [0, 0.05) is 19.3 Å². The van der Waals surface area contributed by atoms with Gasteiger partial charge in [-0.1, -0.05) is 147 Å². The fraction of sp³-hybridized carbons (Fsp3) is 0.837. The molecule has 0 rings (SSSR count). The quantitative estimate of drug-likeness (QED) is 0.0273. The van der Waals surface area contributed by atoms with Gasteiger partial charge < -0.3 is 28.6 Å². The summed E-state index contributed by atoms with van der Waals surface area (Å²) < 4.78 is 17.1. The van der Waals surface area contributed by atoms with Crippen molar-refractivity contribution in [2.45, 2.75) is 193 Å². The number of allylic oxidation sites excluding steroid dienone is 4. The molecule has 0 aromatic rings. The molecule has 0 spiro atoms. The van der Waals surface area contributed by atoms with Gasteiger partial charge in [0.15, 0.2) is 6.10 Å².